The molecule has 0 aliphatic heterocycles. The molecular formula is C20H35NO8. The first-order valence-corrected chi connectivity index (χ1v) is 10.0. The molecule has 0 bridgehead atoms. The minimum Gasteiger partial charge on any atom is -0.466 e. The lowest BCUT2D eigenvalue weighted by molar-refractivity contribution is -0.172. The Balaban J connectivity index is 4.88. The summed E-state index contributed by atoms with van der Waals surface area (Å²) in [6.45, 7) is 10.7. The van der Waals surface area contributed by atoms with Gasteiger partial charge in [-0.2, -0.15) is 0 Å². The Morgan fingerprint density at radius 2 is 1.45 bits per heavy atom. The summed E-state index contributed by atoms with van der Waals surface area (Å²) in [5, 5.41) is 2.32. The molecule has 2 atom stereocenters. The molecule has 9 nitrogen and oxygen atoms in total. The largest absolute Gasteiger partial charge is 0.466 e. The summed E-state index contributed by atoms with van der Waals surface area (Å²) in [7, 11) is 0. The van der Waals surface area contributed by atoms with Crippen LogP contribution in [0.1, 0.15) is 73.6 Å². The molecule has 0 rings (SSSR count). The van der Waals surface area contributed by atoms with Gasteiger partial charge in [-0.1, -0.05) is 26.7 Å². The van der Waals surface area contributed by atoms with Crippen molar-refractivity contribution < 1.29 is 38.1 Å². The Bertz CT molecular complexity index is 541. The second-order valence-corrected chi connectivity index (χ2v) is 7.59. The van der Waals surface area contributed by atoms with Crippen LogP contribution in [0, 0.1) is 0 Å². The first kappa shape index (κ1) is 26.7. The average Bonchev–Trinajstić information content (AvgIpc) is 2.59. The van der Waals surface area contributed by atoms with E-state index in [9.17, 15) is 19.2 Å². The van der Waals surface area contributed by atoms with Gasteiger partial charge >= 0.3 is 24.0 Å². The van der Waals surface area contributed by atoms with Crippen LogP contribution in [0.3, 0.4) is 0 Å². The number of esters is 3. The lowest BCUT2D eigenvalue weighted by Gasteiger charge is -2.22. The smallest absolute Gasteiger partial charge is 0.408 e. The van der Waals surface area contributed by atoms with Crippen molar-refractivity contribution in [1.29, 1.82) is 0 Å². The summed E-state index contributed by atoms with van der Waals surface area (Å²) < 4.78 is 20.3. The minimum atomic E-state index is -1.45. The van der Waals surface area contributed by atoms with Gasteiger partial charge in [-0.3, -0.25) is 4.79 Å². The summed E-state index contributed by atoms with van der Waals surface area (Å²) in [6, 6.07) is -1.09. The zero-order valence-electron chi connectivity index (χ0n) is 18.4. The van der Waals surface area contributed by atoms with Crippen molar-refractivity contribution >= 4 is 24.0 Å². The molecule has 1 amide bonds. The van der Waals surface area contributed by atoms with Crippen LogP contribution in [0.2, 0.25) is 0 Å². The van der Waals surface area contributed by atoms with Crippen molar-refractivity contribution in [3.8, 4) is 0 Å². The molecule has 9 heteroatoms. The molecule has 0 radical (unpaired) electrons. The molecule has 0 heterocycles. The molecule has 0 aromatic carbocycles. The van der Waals surface area contributed by atoms with E-state index in [2.05, 4.69) is 5.32 Å². The number of hydrogen-bond donors (Lipinski definition) is 1. The van der Waals surface area contributed by atoms with Crippen LogP contribution in [-0.2, 0) is 33.3 Å². The SMILES string of the molecule is CCCCOC(=O)C[C@H](OC(=O)[C@H](C)NC(=O)OC(C)(C)C)C(=O)OCCCC. The third-order valence-corrected chi connectivity index (χ3v) is 3.46. The van der Waals surface area contributed by atoms with Gasteiger partial charge in [0.15, 0.2) is 0 Å². The molecule has 1 N–H and O–H groups in total. The standard InChI is InChI=1S/C20H35NO8/c1-7-9-11-26-16(22)13-15(18(24)27-12-10-8-2)28-17(23)14(3)21-19(25)29-20(4,5)6/h14-15H,7-13H2,1-6H3,(H,21,25)/t14-,15-/m0/s1. The van der Waals surface area contributed by atoms with E-state index < -0.39 is 48.2 Å². The van der Waals surface area contributed by atoms with Crippen LogP contribution >= 0.6 is 0 Å². The Labute approximate surface area is 172 Å². The van der Waals surface area contributed by atoms with Crippen LogP contribution in [0.4, 0.5) is 4.79 Å². The number of rotatable bonds is 12. The van der Waals surface area contributed by atoms with Crippen LogP contribution in [-0.4, -0.2) is 55.0 Å². The topological polar surface area (TPSA) is 117 Å². The first-order valence-electron chi connectivity index (χ1n) is 10.0. The maximum Gasteiger partial charge on any atom is 0.408 e. The fourth-order valence-electron chi connectivity index (χ4n) is 1.91. The zero-order chi connectivity index (χ0) is 22.4. The maximum atomic E-state index is 12.3. The Kier molecular flexibility index (Phi) is 12.7. The van der Waals surface area contributed by atoms with Gasteiger partial charge in [0.2, 0.25) is 6.10 Å². The number of amides is 1. The number of alkyl carbamates (subject to hydrolysis) is 1. The number of carbonyl (C=O) groups excluding carboxylic acids is 4. The van der Waals surface area contributed by atoms with Gasteiger partial charge in [-0.15, -0.1) is 0 Å². The molecule has 0 unspecified atom stereocenters. The lowest BCUT2D eigenvalue weighted by atomic mass is 10.2. The highest BCUT2D eigenvalue weighted by molar-refractivity contribution is 5.87. The third-order valence-electron chi connectivity index (χ3n) is 3.46. The normalized spacial score (nSPS) is 13.0. The van der Waals surface area contributed by atoms with Gasteiger partial charge in [0.25, 0.3) is 0 Å². The molecule has 0 fully saturated rings. The van der Waals surface area contributed by atoms with Crippen molar-refractivity contribution in [3.05, 3.63) is 0 Å². The van der Waals surface area contributed by atoms with E-state index in [0.717, 1.165) is 12.8 Å². The van der Waals surface area contributed by atoms with E-state index in [4.69, 9.17) is 18.9 Å². The van der Waals surface area contributed by atoms with E-state index in [1.54, 1.807) is 20.8 Å². The van der Waals surface area contributed by atoms with Gasteiger partial charge in [0, 0.05) is 0 Å². The zero-order valence-corrected chi connectivity index (χ0v) is 18.4. The summed E-state index contributed by atoms with van der Waals surface area (Å²) in [4.78, 5) is 48.2. The fourth-order valence-corrected chi connectivity index (χ4v) is 1.91. The highest BCUT2D eigenvalue weighted by Crippen LogP contribution is 2.09. The quantitative estimate of drug-likeness (QED) is 0.293. The molecule has 0 aromatic rings. The van der Waals surface area contributed by atoms with Gasteiger partial charge in [-0.05, 0) is 40.5 Å². The fraction of sp³-hybridized carbons (Fsp3) is 0.800. The van der Waals surface area contributed by atoms with E-state index in [-0.39, 0.29) is 13.2 Å². The average molecular weight is 417 g/mol. The van der Waals surface area contributed by atoms with Crippen molar-refractivity contribution in [2.75, 3.05) is 13.2 Å². The summed E-state index contributed by atoms with van der Waals surface area (Å²) in [6.07, 6.45) is 0.281. The van der Waals surface area contributed by atoms with Crippen molar-refractivity contribution in [1.82, 2.24) is 5.32 Å². The predicted octanol–water partition coefficient (Wildman–Crippen LogP) is 2.89. The lowest BCUT2D eigenvalue weighted by Crippen LogP contribution is -2.44. The van der Waals surface area contributed by atoms with Crippen molar-refractivity contribution in [2.45, 2.75) is 91.4 Å². The first-order chi connectivity index (χ1) is 13.5. The van der Waals surface area contributed by atoms with Crippen LogP contribution in [0.25, 0.3) is 0 Å². The molecule has 29 heavy (non-hydrogen) atoms. The third kappa shape index (κ3) is 13.5. The van der Waals surface area contributed by atoms with E-state index in [1.165, 1.54) is 6.92 Å². The van der Waals surface area contributed by atoms with E-state index >= 15 is 0 Å². The Morgan fingerprint density at radius 1 is 0.897 bits per heavy atom. The summed E-state index contributed by atoms with van der Waals surface area (Å²) >= 11 is 0. The maximum absolute atomic E-state index is 12.3. The second kappa shape index (κ2) is 13.8. The van der Waals surface area contributed by atoms with Gasteiger partial charge in [0.1, 0.15) is 11.6 Å². The molecule has 168 valence electrons. The monoisotopic (exact) mass is 417 g/mol. The van der Waals surface area contributed by atoms with Gasteiger partial charge in [0.05, 0.1) is 19.6 Å². The molecule has 0 saturated carbocycles. The number of ether oxygens (including phenoxy) is 4. The van der Waals surface area contributed by atoms with Crippen molar-refractivity contribution in [2.24, 2.45) is 0 Å². The van der Waals surface area contributed by atoms with Gasteiger partial charge < -0.3 is 24.3 Å². The number of unbranched alkanes of at least 4 members (excludes halogenated alkanes) is 2. The number of hydrogen-bond acceptors (Lipinski definition) is 8. The van der Waals surface area contributed by atoms with E-state index in [0.29, 0.717) is 12.8 Å². The highest BCUT2D eigenvalue weighted by Gasteiger charge is 2.31. The number of nitrogens with one attached hydrogen (secondary N) is 1. The molecule has 0 aliphatic rings. The minimum absolute atomic E-state index is 0.153. The van der Waals surface area contributed by atoms with E-state index in [1.807, 2.05) is 13.8 Å². The molecule has 0 aromatic heterocycles. The highest BCUT2D eigenvalue weighted by atomic mass is 16.6. The molecule has 0 saturated heterocycles. The molecule has 0 aliphatic carbocycles. The van der Waals surface area contributed by atoms with Crippen LogP contribution in [0.15, 0.2) is 0 Å². The van der Waals surface area contributed by atoms with Gasteiger partial charge in [-0.25, -0.2) is 14.4 Å². The Morgan fingerprint density at radius 3 is 1.97 bits per heavy atom. The second-order valence-electron chi connectivity index (χ2n) is 7.59. The predicted molar refractivity (Wildman–Crippen MR) is 105 cm³/mol. The molecular weight excluding hydrogens is 382 g/mol. The summed E-state index contributed by atoms with van der Waals surface area (Å²) in [5.41, 5.74) is -0.735. The molecule has 0 spiro atoms. The van der Waals surface area contributed by atoms with Crippen LogP contribution in [0.5, 0.6) is 0 Å². The summed E-state index contributed by atoms with van der Waals surface area (Å²) in [5.74, 6) is -2.39. The Hall–Kier alpha value is -2.32. The number of carbonyl (C=O) groups is 4. The van der Waals surface area contributed by atoms with Crippen LogP contribution < -0.4 is 5.32 Å². The van der Waals surface area contributed by atoms with Crippen molar-refractivity contribution in [3.63, 3.8) is 0 Å².